The lowest BCUT2D eigenvalue weighted by Crippen LogP contribution is -2.67. The molecule has 0 amide bonds. The molecule has 6 rings (SSSR count). The molecule has 6 fully saturated rings. The lowest BCUT2D eigenvalue weighted by molar-refractivity contribution is -0.273. The van der Waals surface area contributed by atoms with Crippen LogP contribution in [0.15, 0.2) is 0 Å². The summed E-state index contributed by atoms with van der Waals surface area (Å²) in [7, 11) is 0. The minimum absolute atomic E-state index is 0.0329. The zero-order valence-corrected chi connectivity index (χ0v) is 22.2. The van der Waals surface area contributed by atoms with Crippen LogP contribution < -0.4 is 0 Å². The average molecular weight is 489 g/mol. The van der Waals surface area contributed by atoms with Crippen LogP contribution in [0.1, 0.15) is 92.4 Å². The number of rotatable bonds is 1. The molecule has 0 aromatic rings. The van der Waals surface area contributed by atoms with Crippen molar-refractivity contribution < 1.29 is 28.9 Å². The van der Waals surface area contributed by atoms with Gasteiger partial charge in [-0.05, 0) is 73.5 Å². The van der Waals surface area contributed by atoms with Gasteiger partial charge in [-0.15, -0.1) is 0 Å². The van der Waals surface area contributed by atoms with Gasteiger partial charge in [0.1, 0.15) is 11.7 Å². The van der Waals surface area contributed by atoms with Crippen LogP contribution in [0.2, 0.25) is 0 Å². The summed E-state index contributed by atoms with van der Waals surface area (Å²) in [6.07, 6.45) is 7.30. The van der Waals surface area contributed by atoms with Crippen molar-refractivity contribution in [2.24, 2.45) is 46.3 Å². The predicted molar refractivity (Wildman–Crippen MR) is 129 cm³/mol. The lowest BCUT2D eigenvalue weighted by atomic mass is 9.42. The van der Waals surface area contributed by atoms with Crippen molar-refractivity contribution >= 4 is 11.8 Å². The second kappa shape index (κ2) is 7.77. The largest absolute Gasteiger partial charge is 0.462 e. The molecular formula is C29H44O6. The third-order valence-corrected chi connectivity index (χ3v) is 12.2. The monoisotopic (exact) mass is 488 g/mol. The van der Waals surface area contributed by atoms with E-state index in [0.717, 1.165) is 51.6 Å². The molecule has 6 heteroatoms. The van der Waals surface area contributed by atoms with Gasteiger partial charge >= 0.3 is 5.97 Å². The van der Waals surface area contributed by atoms with Crippen LogP contribution in [0.4, 0.5) is 0 Å². The summed E-state index contributed by atoms with van der Waals surface area (Å²) >= 11 is 0. The summed E-state index contributed by atoms with van der Waals surface area (Å²) in [6.45, 7) is 11.4. The molecule has 1 N–H and O–H groups in total. The molecule has 2 heterocycles. The van der Waals surface area contributed by atoms with E-state index >= 15 is 0 Å². The normalized spacial score (nSPS) is 57.3. The first-order chi connectivity index (χ1) is 16.4. The standard InChI is InChI=1S/C29H44O6/c1-16-6-11-29(33-15-16)17(2)25-23(35-29)13-22-20-12-24(31)28(32)14-19(34-18(3)30)7-10-27(28,5)21(20)8-9-26(22,25)4/h16-17,19-23,25,32H,6-15H2,1-5H3. The maximum Gasteiger partial charge on any atom is 0.302 e. The van der Waals surface area contributed by atoms with E-state index in [9.17, 15) is 14.7 Å². The van der Waals surface area contributed by atoms with Gasteiger partial charge in [0.05, 0.1) is 12.7 Å². The molecule has 196 valence electrons. The van der Waals surface area contributed by atoms with E-state index in [1.165, 1.54) is 6.92 Å². The predicted octanol–water partition coefficient (Wildman–Crippen LogP) is 4.66. The number of fused-ring (bicyclic) bond motifs is 7. The van der Waals surface area contributed by atoms with E-state index in [1.807, 2.05) is 0 Å². The Hall–Kier alpha value is -0.980. The maximum absolute atomic E-state index is 13.7. The highest BCUT2D eigenvalue weighted by atomic mass is 16.7. The number of esters is 1. The van der Waals surface area contributed by atoms with Crippen LogP contribution in [-0.4, -0.2) is 47.1 Å². The summed E-state index contributed by atoms with van der Waals surface area (Å²) in [5.74, 6) is 1.68. The Bertz CT molecular complexity index is 909. The second-order valence-corrected chi connectivity index (χ2v) is 13.8. The quantitative estimate of drug-likeness (QED) is 0.541. The Kier molecular flexibility index (Phi) is 5.41. The van der Waals surface area contributed by atoms with Crippen molar-refractivity contribution in [3.8, 4) is 0 Å². The molecule has 6 nitrogen and oxygen atoms in total. The van der Waals surface area contributed by atoms with Gasteiger partial charge in [0.15, 0.2) is 11.6 Å². The third kappa shape index (κ3) is 3.18. The zero-order chi connectivity index (χ0) is 25.0. The molecular weight excluding hydrogens is 444 g/mol. The van der Waals surface area contributed by atoms with Crippen molar-refractivity contribution in [1.82, 2.24) is 0 Å². The van der Waals surface area contributed by atoms with E-state index in [0.29, 0.717) is 41.9 Å². The number of aliphatic hydroxyl groups is 1. The molecule has 12 atom stereocenters. The third-order valence-electron chi connectivity index (χ3n) is 12.2. The first-order valence-electron chi connectivity index (χ1n) is 14.2. The highest BCUT2D eigenvalue weighted by molar-refractivity contribution is 5.89. The molecule has 35 heavy (non-hydrogen) atoms. The minimum atomic E-state index is -1.39. The summed E-state index contributed by atoms with van der Waals surface area (Å²) in [5.41, 5.74) is -1.71. The summed E-state index contributed by atoms with van der Waals surface area (Å²) < 4.78 is 18.7. The van der Waals surface area contributed by atoms with Crippen LogP contribution in [0.3, 0.4) is 0 Å². The van der Waals surface area contributed by atoms with Crippen LogP contribution in [-0.2, 0) is 23.8 Å². The molecule has 6 aliphatic rings. The van der Waals surface area contributed by atoms with E-state index < -0.39 is 16.8 Å². The number of ether oxygens (including phenoxy) is 3. The molecule has 4 aliphatic carbocycles. The molecule has 2 aliphatic heterocycles. The lowest BCUT2D eigenvalue weighted by Gasteiger charge is -2.63. The van der Waals surface area contributed by atoms with Crippen LogP contribution in [0.25, 0.3) is 0 Å². The van der Waals surface area contributed by atoms with Gasteiger partial charge in [0, 0.05) is 37.5 Å². The summed E-state index contributed by atoms with van der Waals surface area (Å²) in [4.78, 5) is 25.2. The zero-order valence-electron chi connectivity index (χ0n) is 22.2. The number of hydrogen-bond donors (Lipinski definition) is 1. The molecule has 0 radical (unpaired) electrons. The molecule has 12 unspecified atom stereocenters. The molecule has 4 saturated carbocycles. The molecule has 0 bridgehead atoms. The first kappa shape index (κ1) is 24.4. The van der Waals surface area contributed by atoms with Crippen molar-refractivity contribution in [1.29, 1.82) is 0 Å². The van der Waals surface area contributed by atoms with Crippen molar-refractivity contribution in [3.05, 3.63) is 0 Å². The van der Waals surface area contributed by atoms with Gasteiger partial charge in [-0.2, -0.15) is 0 Å². The Morgan fingerprint density at radius 1 is 1.09 bits per heavy atom. The van der Waals surface area contributed by atoms with Gasteiger partial charge in [-0.25, -0.2) is 0 Å². The Balaban J connectivity index is 1.26. The SMILES string of the molecule is CC(=O)OC1CCC2(C)C3CCC4(C)C(CC5OC6(CCC(C)CO6)C(C)C54)C3CC(=O)C2(O)C1. The number of Topliss-reactive ketones (excluding diaryl/α,β-unsaturated/α-hetero) is 1. The minimum Gasteiger partial charge on any atom is -0.462 e. The van der Waals surface area contributed by atoms with Gasteiger partial charge in [0.2, 0.25) is 0 Å². The smallest absolute Gasteiger partial charge is 0.302 e. The Labute approximate surface area is 209 Å². The van der Waals surface area contributed by atoms with Gasteiger partial charge in [-0.3, -0.25) is 9.59 Å². The molecule has 1 spiro atoms. The van der Waals surface area contributed by atoms with E-state index in [-0.39, 0.29) is 35.8 Å². The number of carbonyl (C=O) groups is 2. The first-order valence-corrected chi connectivity index (χ1v) is 14.2. The topological polar surface area (TPSA) is 82.1 Å². The van der Waals surface area contributed by atoms with E-state index in [4.69, 9.17) is 14.2 Å². The van der Waals surface area contributed by atoms with Gasteiger partial charge in [-0.1, -0.05) is 27.7 Å². The van der Waals surface area contributed by atoms with Gasteiger partial charge < -0.3 is 19.3 Å². The number of carbonyl (C=O) groups excluding carboxylic acids is 2. The molecule has 0 aromatic heterocycles. The summed E-state index contributed by atoms with van der Waals surface area (Å²) in [6, 6.07) is 0. The fourth-order valence-electron chi connectivity index (χ4n) is 10.4. The average Bonchev–Trinajstić information content (AvgIpc) is 3.23. The summed E-state index contributed by atoms with van der Waals surface area (Å²) in [5, 5.41) is 11.9. The molecule has 2 saturated heterocycles. The van der Waals surface area contributed by atoms with Crippen LogP contribution >= 0.6 is 0 Å². The highest BCUT2D eigenvalue weighted by Crippen LogP contribution is 2.71. The Morgan fingerprint density at radius 3 is 2.54 bits per heavy atom. The highest BCUT2D eigenvalue weighted by Gasteiger charge is 2.72. The van der Waals surface area contributed by atoms with Crippen LogP contribution in [0.5, 0.6) is 0 Å². The second-order valence-electron chi connectivity index (χ2n) is 13.8. The van der Waals surface area contributed by atoms with Crippen molar-refractivity contribution in [2.45, 2.75) is 116 Å². The molecule has 0 aromatic carbocycles. The number of hydrogen-bond acceptors (Lipinski definition) is 6. The number of ketones is 1. The van der Waals surface area contributed by atoms with Crippen molar-refractivity contribution in [3.63, 3.8) is 0 Å². The van der Waals surface area contributed by atoms with E-state index in [1.54, 1.807) is 0 Å². The van der Waals surface area contributed by atoms with Crippen LogP contribution in [0, 0.1) is 46.3 Å². The Morgan fingerprint density at radius 2 is 1.86 bits per heavy atom. The van der Waals surface area contributed by atoms with E-state index in [2.05, 4.69) is 27.7 Å². The maximum atomic E-state index is 13.7. The van der Waals surface area contributed by atoms with Gasteiger partial charge in [0.25, 0.3) is 0 Å². The fraction of sp³-hybridized carbons (Fsp3) is 0.931. The fourth-order valence-corrected chi connectivity index (χ4v) is 10.4. The van der Waals surface area contributed by atoms with Crippen molar-refractivity contribution in [2.75, 3.05) is 6.61 Å².